The van der Waals surface area contributed by atoms with Crippen molar-refractivity contribution in [3.05, 3.63) is 93.7 Å². The van der Waals surface area contributed by atoms with E-state index in [-0.39, 0.29) is 18.7 Å². The molecule has 0 aliphatic carbocycles. The summed E-state index contributed by atoms with van der Waals surface area (Å²) < 4.78 is 0. The number of carbonyl (C=O) groups excluding carboxylic acids is 2. The van der Waals surface area contributed by atoms with Gasteiger partial charge in [-0.15, -0.1) is 0 Å². The summed E-state index contributed by atoms with van der Waals surface area (Å²) in [6, 6.07) is 15.2. The third kappa shape index (κ3) is 3.42. The molecule has 1 atom stereocenters. The molecule has 0 saturated carbocycles. The molecular weight excluding hydrogens is 411 g/mol. The fourth-order valence-corrected chi connectivity index (χ4v) is 4.06. The zero-order chi connectivity index (χ0) is 20.6. The molecule has 1 aliphatic heterocycles. The summed E-state index contributed by atoms with van der Waals surface area (Å²) >= 11 is 12.5. The van der Waals surface area contributed by atoms with Crippen molar-refractivity contribution in [2.75, 3.05) is 4.90 Å². The molecule has 1 amide bonds. The Hall–Kier alpha value is -2.73. The Morgan fingerprint density at radius 1 is 1.03 bits per heavy atom. The molecule has 1 unspecified atom stereocenters. The molecule has 2 heterocycles. The van der Waals surface area contributed by atoms with Gasteiger partial charge in [-0.1, -0.05) is 47.5 Å². The van der Waals surface area contributed by atoms with Gasteiger partial charge in [0, 0.05) is 39.1 Å². The number of hydrogen-bond donors (Lipinski definition) is 1. The van der Waals surface area contributed by atoms with Crippen LogP contribution in [0.2, 0.25) is 10.0 Å². The minimum absolute atomic E-state index is 0.0811. The van der Waals surface area contributed by atoms with Crippen LogP contribution in [0.15, 0.2) is 67.0 Å². The summed E-state index contributed by atoms with van der Waals surface area (Å²) in [7, 11) is 0. The van der Waals surface area contributed by atoms with Crippen LogP contribution in [-0.2, 0) is 16.9 Å². The maximum atomic E-state index is 13.3. The molecule has 0 spiro atoms. The number of carbonyl (C=O) groups is 2. The van der Waals surface area contributed by atoms with E-state index < -0.39 is 11.5 Å². The largest absolute Gasteiger partial charge is 0.375 e. The number of ketones is 1. The minimum Gasteiger partial charge on any atom is -0.375 e. The number of aliphatic hydroxyl groups is 1. The van der Waals surface area contributed by atoms with E-state index in [1.54, 1.807) is 60.8 Å². The summed E-state index contributed by atoms with van der Waals surface area (Å²) in [5, 5.41) is 12.2. The number of fused-ring (bicyclic) bond motifs is 1. The summed E-state index contributed by atoms with van der Waals surface area (Å²) in [4.78, 5) is 31.4. The lowest BCUT2D eigenvalue weighted by Gasteiger charge is -2.23. The fourth-order valence-electron chi connectivity index (χ4n) is 3.54. The second kappa shape index (κ2) is 7.59. The number of amides is 1. The van der Waals surface area contributed by atoms with Crippen LogP contribution in [0.1, 0.15) is 27.9 Å². The maximum absolute atomic E-state index is 13.3. The lowest BCUT2D eigenvalue weighted by Crippen LogP contribution is -2.41. The minimum atomic E-state index is -1.97. The summed E-state index contributed by atoms with van der Waals surface area (Å²) in [6.07, 6.45) is 2.58. The van der Waals surface area contributed by atoms with Gasteiger partial charge < -0.3 is 10.0 Å². The van der Waals surface area contributed by atoms with Crippen LogP contribution < -0.4 is 4.90 Å². The molecule has 1 N–H and O–H groups in total. The van der Waals surface area contributed by atoms with Gasteiger partial charge in [-0.3, -0.25) is 14.6 Å². The van der Waals surface area contributed by atoms with Gasteiger partial charge in [0.1, 0.15) is 0 Å². The van der Waals surface area contributed by atoms with Crippen LogP contribution in [0.3, 0.4) is 0 Å². The molecule has 4 rings (SSSR count). The standard InChI is InChI=1S/C22H16Cl2N2O3/c23-17-7-3-8-18(24)15(17)13-26-19-9-2-1-6-16(19)22(29,21(26)28)11-20(27)14-5-4-10-25-12-14/h1-10,12,29H,11,13H2. The van der Waals surface area contributed by atoms with E-state index in [1.807, 2.05) is 0 Å². The zero-order valence-corrected chi connectivity index (χ0v) is 16.7. The molecule has 146 valence electrons. The third-order valence-electron chi connectivity index (χ3n) is 5.02. The topological polar surface area (TPSA) is 70.5 Å². The second-order valence-electron chi connectivity index (χ2n) is 6.81. The average molecular weight is 427 g/mol. The van der Waals surface area contributed by atoms with Crippen molar-refractivity contribution in [1.29, 1.82) is 0 Å². The summed E-state index contributed by atoms with van der Waals surface area (Å²) in [5.74, 6) is -0.965. The Morgan fingerprint density at radius 2 is 1.76 bits per heavy atom. The lowest BCUT2D eigenvalue weighted by molar-refractivity contribution is -0.136. The number of Topliss-reactive ketones (excluding diaryl/α,β-unsaturated/α-hetero) is 1. The monoisotopic (exact) mass is 426 g/mol. The van der Waals surface area contributed by atoms with Gasteiger partial charge in [0.25, 0.3) is 5.91 Å². The van der Waals surface area contributed by atoms with Crippen molar-refractivity contribution in [2.24, 2.45) is 0 Å². The van der Waals surface area contributed by atoms with E-state index >= 15 is 0 Å². The molecule has 0 radical (unpaired) electrons. The van der Waals surface area contributed by atoms with E-state index in [2.05, 4.69) is 4.98 Å². The first-order valence-electron chi connectivity index (χ1n) is 8.92. The third-order valence-corrected chi connectivity index (χ3v) is 5.73. The normalized spacial score (nSPS) is 18.0. The van der Waals surface area contributed by atoms with Gasteiger partial charge in [-0.25, -0.2) is 0 Å². The SMILES string of the molecule is O=C(CC1(O)C(=O)N(Cc2c(Cl)cccc2Cl)c2ccccc21)c1cccnc1. The molecule has 7 heteroatoms. The fraction of sp³-hybridized carbons (Fsp3) is 0.136. The Labute approximate surface area is 177 Å². The highest BCUT2D eigenvalue weighted by Gasteiger charge is 2.50. The first-order chi connectivity index (χ1) is 13.9. The molecule has 29 heavy (non-hydrogen) atoms. The van der Waals surface area contributed by atoms with Gasteiger partial charge in [0.05, 0.1) is 18.7 Å². The van der Waals surface area contributed by atoms with Crippen LogP contribution in [0.25, 0.3) is 0 Å². The number of para-hydroxylation sites is 1. The van der Waals surface area contributed by atoms with Crippen molar-refractivity contribution < 1.29 is 14.7 Å². The van der Waals surface area contributed by atoms with Gasteiger partial charge >= 0.3 is 0 Å². The molecule has 1 aliphatic rings. The lowest BCUT2D eigenvalue weighted by atomic mass is 9.88. The quantitative estimate of drug-likeness (QED) is 0.613. The Balaban J connectivity index is 1.72. The van der Waals surface area contributed by atoms with Crippen molar-refractivity contribution in [1.82, 2.24) is 4.98 Å². The van der Waals surface area contributed by atoms with Crippen LogP contribution in [0, 0.1) is 0 Å². The number of anilines is 1. The molecule has 1 aromatic heterocycles. The van der Waals surface area contributed by atoms with E-state index in [4.69, 9.17) is 23.2 Å². The van der Waals surface area contributed by atoms with Crippen LogP contribution in [0.5, 0.6) is 0 Å². The molecule has 0 bridgehead atoms. The zero-order valence-electron chi connectivity index (χ0n) is 15.2. The van der Waals surface area contributed by atoms with Crippen molar-refractivity contribution in [3.63, 3.8) is 0 Å². The number of nitrogens with zero attached hydrogens (tertiary/aromatic N) is 2. The molecule has 2 aromatic carbocycles. The van der Waals surface area contributed by atoms with E-state index in [0.29, 0.717) is 32.4 Å². The number of aromatic nitrogens is 1. The number of hydrogen-bond acceptors (Lipinski definition) is 4. The van der Waals surface area contributed by atoms with Crippen LogP contribution in [-0.4, -0.2) is 21.8 Å². The first-order valence-corrected chi connectivity index (χ1v) is 9.67. The number of rotatable bonds is 5. The Bertz CT molecular complexity index is 1080. The van der Waals surface area contributed by atoms with E-state index in [1.165, 1.54) is 11.1 Å². The number of halogens is 2. The van der Waals surface area contributed by atoms with Crippen molar-refractivity contribution >= 4 is 40.6 Å². The number of pyridine rings is 1. The molecule has 5 nitrogen and oxygen atoms in total. The summed E-state index contributed by atoms with van der Waals surface area (Å²) in [5.41, 5.74) is -0.168. The highest BCUT2D eigenvalue weighted by atomic mass is 35.5. The first kappa shape index (κ1) is 19.6. The van der Waals surface area contributed by atoms with E-state index in [9.17, 15) is 14.7 Å². The van der Waals surface area contributed by atoms with Crippen LogP contribution >= 0.6 is 23.2 Å². The van der Waals surface area contributed by atoms with Gasteiger partial charge in [0.2, 0.25) is 0 Å². The van der Waals surface area contributed by atoms with Crippen LogP contribution in [0.4, 0.5) is 5.69 Å². The number of benzene rings is 2. The van der Waals surface area contributed by atoms with Gasteiger partial charge in [-0.05, 0) is 30.3 Å². The molecule has 3 aromatic rings. The maximum Gasteiger partial charge on any atom is 0.264 e. The molecule has 0 fully saturated rings. The summed E-state index contributed by atoms with van der Waals surface area (Å²) in [6.45, 7) is 0.0811. The smallest absolute Gasteiger partial charge is 0.264 e. The van der Waals surface area contributed by atoms with Gasteiger partial charge in [-0.2, -0.15) is 0 Å². The molecule has 0 saturated heterocycles. The highest BCUT2D eigenvalue weighted by molar-refractivity contribution is 6.36. The van der Waals surface area contributed by atoms with E-state index in [0.717, 1.165) is 0 Å². The predicted octanol–water partition coefficient (Wildman–Crippen LogP) is 4.40. The average Bonchev–Trinajstić information content (AvgIpc) is 2.93. The van der Waals surface area contributed by atoms with Crippen molar-refractivity contribution in [3.8, 4) is 0 Å². The predicted molar refractivity (Wildman–Crippen MR) is 111 cm³/mol. The van der Waals surface area contributed by atoms with Gasteiger partial charge in [0.15, 0.2) is 11.4 Å². The molecular formula is C22H16Cl2N2O3. The Kier molecular flexibility index (Phi) is 5.13. The highest BCUT2D eigenvalue weighted by Crippen LogP contribution is 2.44. The second-order valence-corrected chi connectivity index (χ2v) is 7.62. The Morgan fingerprint density at radius 3 is 2.45 bits per heavy atom. The van der Waals surface area contributed by atoms with Crippen molar-refractivity contribution in [2.45, 2.75) is 18.6 Å².